The van der Waals surface area contributed by atoms with Crippen molar-refractivity contribution >= 4 is 16.7 Å². The maximum atomic E-state index is 13.8. The molecule has 0 fully saturated rings. The Morgan fingerprint density at radius 2 is 1.91 bits per heavy atom. The van der Waals surface area contributed by atoms with Crippen LogP contribution in [0, 0.1) is 11.6 Å². The van der Waals surface area contributed by atoms with Gasteiger partial charge in [-0.25, -0.2) is 8.78 Å². The van der Waals surface area contributed by atoms with Gasteiger partial charge in [-0.15, -0.1) is 0 Å². The van der Waals surface area contributed by atoms with Gasteiger partial charge in [-0.2, -0.15) is 0 Å². The zero-order valence-corrected chi connectivity index (χ0v) is 11.4. The largest absolute Gasteiger partial charge is 0.455 e. The van der Waals surface area contributed by atoms with Crippen molar-refractivity contribution in [1.82, 2.24) is 0 Å². The smallest absolute Gasteiger partial charge is 0.161 e. The fourth-order valence-electron chi connectivity index (χ4n) is 2.58. The number of hydrogen-bond acceptors (Lipinski definition) is 3. The van der Waals surface area contributed by atoms with Gasteiger partial charge in [0.25, 0.3) is 0 Å². The van der Waals surface area contributed by atoms with Crippen molar-refractivity contribution in [1.29, 1.82) is 0 Å². The highest BCUT2D eigenvalue weighted by molar-refractivity contribution is 6.02. The van der Waals surface area contributed by atoms with Crippen LogP contribution in [0.25, 0.3) is 11.0 Å². The summed E-state index contributed by atoms with van der Waals surface area (Å²) in [7, 11) is 0. The molecule has 0 aliphatic carbocycles. The summed E-state index contributed by atoms with van der Waals surface area (Å²) >= 11 is 0. The van der Waals surface area contributed by atoms with Crippen LogP contribution in [0.4, 0.5) is 8.78 Å². The molecule has 22 heavy (non-hydrogen) atoms. The first-order valence-electron chi connectivity index (χ1n) is 6.87. The lowest BCUT2D eigenvalue weighted by molar-refractivity contribution is 0.0827. The molecule has 0 amide bonds. The van der Waals surface area contributed by atoms with Crippen LogP contribution in [-0.4, -0.2) is 5.71 Å². The van der Waals surface area contributed by atoms with Crippen molar-refractivity contribution in [3.8, 4) is 0 Å². The van der Waals surface area contributed by atoms with E-state index in [1.54, 1.807) is 0 Å². The average Bonchev–Trinajstić information content (AvgIpc) is 3.15. The molecule has 1 aromatic heterocycles. The zero-order chi connectivity index (χ0) is 15.1. The Balaban J connectivity index is 1.62. The molecule has 0 saturated heterocycles. The van der Waals surface area contributed by atoms with Crippen molar-refractivity contribution in [3.05, 3.63) is 71.5 Å². The fourth-order valence-corrected chi connectivity index (χ4v) is 2.58. The Labute approximate surface area is 124 Å². The Morgan fingerprint density at radius 3 is 2.77 bits per heavy atom. The Morgan fingerprint density at radius 1 is 1.05 bits per heavy atom. The molecule has 1 unspecified atom stereocenters. The lowest BCUT2D eigenvalue weighted by atomic mass is 10.0. The molecule has 2 aromatic carbocycles. The first kappa shape index (κ1) is 13.0. The topological polar surface area (TPSA) is 34.7 Å². The minimum atomic E-state index is -0.640. The number of hydrogen-bond donors (Lipinski definition) is 0. The molecule has 0 N–H and O–H groups in total. The minimum absolute atomic E-state index is 0.162. The molecule has 4 rings (SSSR count). The third kappa shape index (κ3) is 2.15. The van der Waals surface area contributed by atoms with Gasteiger partial charge in [-0.3, -0.25) is 0 Å². The predicted octanol–water partition coefficient (Wildman–Crippen LogP) is 4.58. The number of rotatable bonds is 2. The van der Waals surface area contributed by atoms with Gasteiger partial charge in [0.1, 0.15) is 22.9 Å². The molecular formula is C17H11F2NO2. The van der Waals surface area contributed by atoms with Gasteiger partial charge in [0.05, 0.1) is 0 Å². The van der Waals surface area contributed by atoms with Gasteiger partial charge >= 0.3 is 0 Å². The Bertz CT molecular complexity index is 852. The van der Waals surface area contributed by atoms with Crippen LogP contribution < -0.4 is 0 Å². The molecule has 0 saturated carbocycles. The Kier molecular flexibility index (Phi) is 2.92. The van der Waals surface area contributed by atoms with E-state index in [4.69, 9.17) is 9.25 Å². The van der Waals surface area contributed by atoms with Crippen LogP contribution in [0.5, 0.6) is 0 Å². The molecule has 1 aliphatic rings. The van der Waals surface area contributed by atoms with Crippen molar-refractivity contribution in [2.75, 3.05) is 0 Å². The van der Waals surface area contributed by atoms with E-state index < -0.39 is 17.7 Å². The molecule has 5 heteroatoms. The van der Waals surface area contributed by atoms with E-state index in [9.17, 15) is 8.78 Å². The van der Waals surface area contributed by atoms with E-state index in [0.717, 1.165) is 29.2 Å². The van der Waals surface area contributed by atoms with Gasteiger partial charge in [-0.1, -0.05) is 23.4 Å². The molecule has 1 aliphatic heterocycles. The first-order chi connectivity index (χ1) is 10.7. The number of halogens is 2. The van der Waals surface area contributed by atoms with Crippen LogP contribution >= 0.6 is 0 Å². The maximum Gasteiger partial charge on any atom is 0.161 e. The summed E-state index contributed by atoms with van der Waals surface area (Å²) < 4.78 is 32.8. The van der Waals surface area contributed by atoms with E-state index >= 15 is 0 Å². The molecule has 3 aromatic rings. The number of para-hydroxylation sites is 1. The fraction of sp³-hybridized carbons (Fsp3) is 0.118. The average molecular weight is 299 g/mol. The highest BCUT2D eigenvalue weighted by Crippen LogP contribution is 2.32. The molecule has 0 bridgehead atoms. The van der Waals surface area contributed by atoms with Gasteiger partial charge in [0.15, 0.2) is 11.9 Å². The zero-order valence-electron chi connectivity index (χ0n) is 11.4. The normalized spacial score (nSPS) is 17.5. The standard InChI is InChI=1S/C17H11F2NO2/c18-11-5-6-13(19)12(8-11)16-9-14(20-22-16)17-7-10-3-1-2-4-15(10)21-17/h1-8,16H,9H2. The van der Waals surface area contributed by atoms with Gasteiger partial charge in [0.2, 0.25) is 0 Å². The molecule has 3 nitrogen and oxygen atoms in total. The highest BCUT2D eigenvalue weighted by atomic mass is 19.1. The maximum absolute atomic E-state index is 13.8. The first-order valence-corrected chi connectivity index (χ1v) is 6.87. The molecule has 2 heterocycles. The number of fused-ring (bicyclic) bond motifs is 1. The van der Waals surface area contributed by atoms with Crippen LogP contribution in [0.2, 0.25) is 0 Å². The molecule has 0 radical (unpaired) electrons. The predicted molar refractivity (Wildman–Crippen MR) is 77.6 cm³/mol. The third-order valence-corrected chi connectivity index (χ3v) is 3.68. The summed E-state index contributed by atoms with van der Waals surface area (Å²) in [5.41, 5.74) is 1.50. The third-order valence-electron chi connectivity index (χ3n) is 3.68. The SMILES string of the molecule is Fc1ccc(F)c(C2CC(c3cc4ccccc4o3)=NO2)c1. The molecule has 0 spiro atoms. The quantitative estimate of drug-likeness (QED) is 0.694. The molecule has 110 valence electrons. The number of furan rings is 1. The second-order valence-electron chi connectivity index (χ2n) is 5.15. The number of oxime groups is 1. The summed E-state index contributed by atoms with van der Waals surface area (Å²) in [4.78, 5) is 5.26. The van der Waals surface area contributed by atoms with Gasteiger partial charge < -0.3 is 9.25 Å². The second-order valence-corrected chi connectivity index (χ2v) is 5.15. The number of benzene rings is 2. The lowest BCUT2D eigenvalue weighted by Crippen LogP contribution is -2.03. The molecular weight excluding hydrogens is 288 g/mol. The summed E-state index contributed by atoms with van der Waals surface area (Å²) in [5, 5.41) is 4.92. The van der Waals surface area contributed by atoms with Crippen molar-refractivity contribution < 1.29 is 18.0 Å². The van der Waals surface area contributed by atoms with E-state index in [-0.39, 0.29) is 5.56 Å². The summed E-state index contributed by atoms with van der Waals surface area (Å²) in [6.45, 7) is 0. The second kappa shape index (κ2) is 4.94. The van der Waals surface area contributed by atoms with E-state index in [0.29, 0.717) is 17.9 Å². The highest BCUT2D eigenvalue weighted by Gasteiger charge is 2.28. The van der Waals surface area contributed by atoms with Crippen molar-refractivity contribution in [3.63, 3.8) is 0 Å². The summed E-state index contributed by atoms with van der Waals surface area (Å²) in [5.74, 6) is -0.426. The van der Waals surface area contributed by atoms with Crippen LogP contribution in [0.3, 0.4) is 0 Å². The number of nitrogens with zero attached hydrogens (tertiary/aromatic N) is 1. The van der Waals surface area contributed by atoms with Gasteiger partial charge in [0, 0.05) is 17.4 Å². The van der Waals surface area contributed by atoms with Crippen molar-refractivity contribution in [2.24, 2.45) is 5.16 Å². The van der Waals surface area contributed by atoms with E-state index in [1.807, 2.05) is 30.3 Å². The minimum Gasteiger partial charge on any atom is -0.455 e. The van der Waals surface area contributed by atoms with E-state index in [2.05, 4.69) is 5.16 Å². The lowest BCUT2D eigenvalue weighted by Gasteiger charge is -2.09. The van der Waals surface area contributed by atoms with Crippen LogP contribution in [0.1, 0.15) is 23.8 Å². The summed E-state index contributed by atoms with van der Waals surface area (Å²) in [6, 6.07) is 12.8. The van der Waals surface area contributed by atoms with Crippen LogP contribution in [-0.2, 0) is 4.84 Å². The molecule has 1 atom stereocenters. The Hall–Kier alpha value is -2.69. The van der Waals surface area contributed by atoms with Gasteiger partial charge in [-0.05, 0) is 30.3 Å². The van der Waals surface area contributed by atoms with Crippen molar-refractivity contribution in [2.45, 2.75) is 12.5 Å². The summed E-state index contributed by atoms with van der Waals surface area (Å²) in [6.07, 6.45) is -0.306. The van der Waals surface area contributed by atoms with Crippen LogP contribution in [0.15, 0.2) is 58.1 Å². The van der Waals surface area contributed by atoms with E-state index in [1.165, 1.54) is 0 Å². The monoisotopic (exact) mass is 299 g/mol.